The first kappa shape index (κ1) is 14.9. The highest BCUT2D eigenvalue weighted by Gasteiger charge is 2.27. The van der Waals surface area contributed by atoms with Crippen molar-refractivity contribution in [2.45, 2.75) is 12.8 Å². The predicted molar refractivity (Wildman–Crippen MR) is 90.1 cm³/mol. The number of rotatable bonds is 2. The highest BCUT2D eigenvalue weighted by molar-refractivity contribution is 9.10. The molecule has 0 spiro atoms. The van der Waals surface area contributed by atoms with E-state index in [0.717, 1.165) is 17.3 Å². The van der Waals surface area contributed by atoms with E-state index in [-0.39, 0.29) is 11.8 Å². The van der Waals surface area contributed by atoms with Crippen molar-refractivity contribution < 1.29 is 4.79 Å². The van der Waals surface area contributed by atoms with Gasteiger partial charge >= 0.3 is 0 Å². The van der Waals surface area contributed by atoms with E-state index in [1.54, 1.807) is 18.2 Å². The number of nitrogens with one attached hydrogen (secondary N) is 1. The Bertz CT molecular complexity index is 717. The smallest absolute Gasteiger partial charge is 0.228 e. The molecular weight excluding hydrogens is 373 g/mol. The Labute approximate surface area is 141 Å². The zero-order valence-electron chi connectivity index (χ0n) is 11.0. The van der Waals surface area contributed by atoms with Crippen LogP contribution < -0.4 is 5.32 Å². The summed E-state index contributed by atoms with van der Waals surface area (Å²) >= 11 is 15.4. The lowest BCUT2D eigenvalue weighted by Crippen LogP contribution is -2.23. The van der Waals surface area contributed by atoms with Crippen molar-refractivity contribution in [2.75, 3.05) is 5.32 Å². The van der Waals surface area contributed by atoms with E-state index in [2.05, 4.69) is 33.4 Å². The number of anilines is 1. The van der Waals surface area contributed by atoms with Crippen LogP contribution in [0.25, 0.3) is 0 Å². The zero-order valence-corrected chi connectivity index (χ0v) is 14.1. The summed E-state index contributed by atoms with van der Waals surface area (Å²) in [7, 11) is 0. The Morgan fingerprint density at radius 2 is 1.86 bits per heavy atom. The van der Waals surface area contributed by atoms with E-state index >= 15 is 0 Å². The summed E-state index contributed by atoms with van der Waals surface area (Å²) in [6.07, 6.45) is 1.52. The second kappa shape index (κ2) is 5.99. The van der Waals surface area contributed by atoms with Gasteiger partial charge in [-0.2, -0.15) is 0 Å². The van der Waals surface area contributed by atoms with Crippen LogP contribution in [0.3, 0.4) is 0 Å². The maximum atomic E-state index is 12.4. The van der Waals surface area contributed by atoms with Gasteiger partial charge in [0, 0.05) is 15.4 Å². The van der Waals surface area contributed by atoms with Crippen molar-refractivity contribution >= 4 is 50.7 Å². The van der Waals surface area contributed by atoms with Gasteiger partial charge in [-0.1, -0.05) is 45.2 Å². The number of halogens is 3. The molecule has 1 aliphatic carbocycles. The van der Waals surface area contributed by atoms with Crippen LogP contribution in [-0.2, 0) is 17.6 Å². The lowest BCUT2D eigenvalue weighted by molar-refractivity contribution is -0.119. The fraction of sp³-hybridized carbons (Fsp3) is 0.188. The van der Waals surface area contributed by atoms with Crippen LogP contribution in [-0.4, -0.2) is 5.91 Å². The Kier molecular flexibility index (Phi) is 4.25. The molecule has 21 heavy (non-hydrogen) atoms. The van der Waals surface area contributed by atoms with Gasteiger partial charge in [0.25, 0.3) is 0 Å². The maximum absolute atomic E-state index is 12.4. The second-order valence-electron chi connectivity index (χ2n) is 5.13. The van der Waals surface area contributed by atoms with Gasteiger partial charge in [0.05, 0.1) is 10.7 Å². The van der Waals surface area contributed by atoms with Crippen LogP contribution in [0.1, 0.15) is 11.1 Å². The number of hydrogen-bond donors (Lipinski definition) is 1. The predicted octanol–water partition coefficient (Wildman–Crippen LogP) is 5.11. The number of carbonyl (C=O) groups excluding carboxylic acids is 1. The van der Waals surface area contributed by atoms with Gasteiger partial charge < -0.3 is 5.32 Å². The third-order valence-electron chi connectivity index (χ3n) is 3.66. The number of benzene rings is 2. The molecular formula is C16H12BrCl2NO. The molecule has 1 aliphatic rings. The van der Waals surface area contributed by atoms with E-state index in [0.29, 0.717) is 15.7 Å². The molecule has 0 radical (unpaired) electrons. The molecule has 5 heteroatoms. The lowest BCUT2D eigenvalue weighted by atomic mass is 10.1. The van der Waals surface area contributed by atoms with Gasteiger partial charge in [0.2, 0.25) is 5.91 Å². The number of carbonyl (C=O) groups is 1. The first-order valence-corrected chi connectivity index (χ1v) is 8.11. The van der Waals surface area contributed by atoms with Crippen LogP contribution in [0.2, 0.25) is 10.0 Å². The van der Waals surface area contributed by atoms with Gasteiger partial charge in [-0.15, -0.1) is 0 Å². The van der Waals surface area contributed by atoms with Crippen molar-refractivity contribution in [3.63, 3.8) is 0 Å². The summed E-state index contributed by atoms with van der Waals surface area (Å²) in [4.78, 5) is 12.4. The average Bonchev–Trinajstić information content (AvgIpc) is 2.85. The van der Waals surface area contributed by atoms with Crippen molar-refractivity contribution in [3.05, 3.63) is 62.0 Å². The summed E-state index contributed by atoms with van der Waals surface area (Å²) in [5.41, 5.74) is 3.07. The molecule has 2 nitrogen and oxygen atoms in total. The quantitative estimate of drug-likeness (QED) is 0.765. The molecule has 2 aromatic carbocycles. The number of fused-ring (bicyclic) bond motifs is 1. The minimum absolute atomic E-state index is 0.00783. The monoisotopic (exact) mass is 383 g/mol. The molecule has 2 aromatic rings. The van der Waals surface area contributed by atoms with Crippen LogP contribution in [0, 0.1) is 5.92 Å². The van der Waals surface area contributed by atoms with Gasteiger partial charge in [0.1, 0.15) is 0 Å². The topological polar surface area (TPSA) is 29.1 Å². The first-order chi connectivity index (χ1) is 10.0. The van der Waals surface area contributed by atoms with Gasteiger partial charge in [-0.3, -0.25) is 4.79 Å². The summed E-state index contributed by atoms with van der Waals surface area (Å²) in [5.74, 6) is -0.0624. The third-order valence-corrected chi connectivity index (χ3v) is 4.70. The summed E-state index contributed by atoms with van der Waals surface area (Å²) in [6.45, 7) is 0. The van der Waals surface area contributed by atoms with Crippen LogP contribution in [0.15, 0.2) is 40.9 Å². The standard InChI is InChI=1S/C16H12BrCl2NO/c17-12-2-1-9-5-11(6-10(9)7-12)16(21)20-15-4-3-13(18)8-14(15)19/h1-4,7-8,11H,5-6H2,(H,20,21). The minimum Gasteiger partial charge on any atom is -0.325 e. The summed E-state index contributed by atoms with van der Waals surface area (Å²) < 4.78 is 1.04. The van der Waals surface area contributed by atoms with Crippen molar-refractivity contribution in [3.8, 4) is 0 Å². The van der Waals surface area contributed by atoms with E-state index in [9.17, 15) is 4.79 Å². The van der Waals surface area contributed by atoms with Crippen LogP contribution in [0.4, 0.5) is 5.69 Å². The molecule has 0 aliphatic heterocycles. The minimum atomic E-state index is -0.0546. The van der Waals surface area contributed by atoms with Crippen LogP contribution >= 0.6 is 39.1 Å². The van der Waals surface area contributed by atoms with Gasteiger partial charge in [-0.25, -0.2) is 0 Å². The Hall–Kier alpha value is -1.03. The molecule has 0 saturated carbocycles. The Balaban J connectivity index is 1.73. The molecule has 0 saturated heterocycles. The highest BCUT2D eigenvalue weighted by Crippen LogP contribution is 2.31. The number of hydrogen-bond acceptors (Lipinski definition) is 1. The summed E-state index contributed by atoms with van der Waals surface area (Å²) in [5, 5.41) is 3.89. The SMILES string of the molecule is O=C(Nc1ccc(Cl)cc1Cl)C1Cc2ccc(Br)cc2C1. The third kappa shape index (κ3) is 3.25. The van der Waals surface area contributed by atoms with Crippen molar-refractivity contribution in [1.29, 1.82) is 0 Å². The van der Waals surface area contributed by atoms with E-state index in [4.69, 9.17) is 23.2 Å². The largest absolute Gasteiger partial charge is 0.325 e. The molecule has 1 unspecified atom stereocenters. The Morgan fingerprint density at radius 1 is 1.10 bits per heavy atom. The zero-order chi connectivity index (χ0) is 15.0. The number of amides is 1. The fourth-order valence-electron chi connectivity index (χ4n) is 2.60. The lowest BCUT2D eigenvalue weighted by Gasteiger charge is -2.11. The molecule has 0 fully saturated rings. The van der Waals surface area contributed by atoms with E-state index in [1.807, 2.05) is 6.07 Å². The molecule has 1 N–H and O–H groups in total. The summed E-state index contributed by atoms with van der Waals surface area (Å²) in [6, 6.07) is 11.2. The second-order valence-corrected chi connectivity index (χ2v) is 6.89. The van der Waals surface area contributed by atoms with Gasteiger partial charge in [-0.05, 0) is 54.3 Å². The van der Waals surface area contributed by atoms with E-state index < -0.39 is 0 Å². The molecule has 1 atom stereocenters. The molecule has 0 heterocycles. The molecule has 0 bridgehead atoms. The normalized spacial score (nSPS) is 16.6. The van der Waals surface area contributed by atoms with Crippen molar-refractivity contribution in [2.24, 2.45) is 5.92 Å². The molecule has 1 amide bonds. The molecule has 108 valence electrons. The Morgan fingerprint density at radius 3 is 2.62 bits per heavy atom. The van der Waals surface area contributed by atoms with Crippen LogP contribution in [0.5, 0.6) is 0 Å². The average molecular weight is 385 g/mol. The molecule has 0 aromatic heterocycles. The van der Waals surface area contributed by atoms with E-state index in [1.165, 1.54) is 11.1 Å². The van der Waals surface area contributed by atoms with Gasteiger partial charge in [0.15, 0.2) is 0 Å². The first-order valence-electron chi connectivity index (χ1n) is 6.56. The maximum Gasteiger partial charge on any atom is 0.228 e. The fourth-order valence-corrected chi connectivity index (χ4v) is 3.46. The molecule has 3 rings (SSSR count). The van der Waals surface area contributed by atoms with Crippen molar-refractivity contribution in [1.82, 2.24) is 0 Å². The highest BCUT2D eigenvalue weighted by atomic mass is 79.9.